The predicted octanol–water partition coefficient (Wildman–Crippen LogP) is 5.39. The summed E-state index contributed by atoms with van der Waals surface area (Å²) in [5.41, 5.74) is 2.87. The summed E-state index contributed by atoms with van der Waals surface area (Å²) in [4.78, 5) is 12.0. The lowest BCUT2D eigenvalue weighted by atomic mass is 9.87. The van der Waals surface area contributed by atoms with Crippen molar-refractivity contribution in [3.05, 3.63) is 64.7 Å². The van der Waals surface area contributed by atoms with Crippen LogP contribution in [0.2, 0.25) is 0 Å². The van der Waals surface area contributed by atoms with E-state index in [1.165, 1.54) is 6.07 Å². The van der Waals surface area contributed by atoms with Crippen molar-refractivity contribution >= 4 is 12.0 Å². The van der Waals surface area contributed by atoms with E-state index in [1.54, 1.807) is 39.0 Å². The van der Waals surface area contributed by atoms with E-state index >= 15 is 0 Å². The summed E-state index contributed by atoms with van der Waals surface area (Å²) >= 11 is 0. The Bertz CT molecular complexity index is 756. The van der Waals surface area contributed by atoms with E-state index in [0.717, 1.165) is 11.1 Å². The number of halogens is 1. The summed E-state index contributed by atoms with van der Waals surface area (Å²) < 4.78 is 25.0. The Labute approximate surface area is 148 Å². The average Bonchev–Trinajstić information content (AvgIpc) is 2.50. The molecule has 0 aromatic heterocycles. The van der Waals surface area contributed by atoms with Crippen molar-refractivity contribution in [2.45, 2.75) is 46.8 Å². The molecule has 0 unspecified atom stereocenters. The van der Waals surface area contributed by atoms with E-state index in [2.05, 4.69) is 6.58 Å². The van der Waals surface area contributed by atoms with E-state index < -0.39 is 5.79 Å². The molecule has 0 saturated heterocycles. The second kappa shape index (κ2) is 7.26. The van der Waals surface area contributed by atoms with Crippen LogP contribution in [0.4, 0.5) is 4.39 Å². The van der Waals surface area contributed by atoms with Gasteiger partial charge in [-0.15, -0.1) is 0 Å². The number of carbonyl (C=O) groups excluding carboxylic acids is 1. The van der Waals surface area contributed by atoms with Gasteiger partial charge in [0.15, 0.2) is 0 Å². The van der Waals surface area contributed by atoms with Gasteiger partial charge in [-0.3, -0.25) is 0 Å². The van der Waals surface area contributed by atoms with E-state index in [-0.39, 0.29) is 17.7 Å². The molecule has 0 bridgehead atoms. The molecule has 0 fully saturated rings. The molecule has 134 valence electrons. The first-order valence-corrected chi connectivity index (χ1v) is 8.31. The fourth-order valence-corrected chi connectivity index (χ4v) is 2.85. The van der Waals surface area contributed by atoms with E-state index in [0.29, 0.717) is 23.3 Å². The van der Waals surface area contributed by atoms with Crippen LogP contribution in [0.25, 0.3) is 6.08 Å². The van der Waals surface area contributed by atoms with Gasteiger partial charge in [0.1, 0.15) is 11.6 Å². The van der Waals surface area contributed by atoms with Crippen LogP contribution < -0.4 is 0 Å². The Kier molecular flexibility index (Phi) is 5.51. The number of cyclic esters (lactones) is 1. The Morgan fingerprint density at radius 3 is 2.52 bits per heavy atom. The third kappa shape index (κ3) is 4.59. The van der Waals surface area contributed by atoms with Crippen molar-refractivity contribution in [3.63, 3.8) is 0 Å². The number of allylic oxidation sites excluding steroid dienone is 3. The molecule has 1 atom stereocenters. The quantitative estimate of drug-likeness (QED) is 0.530. The standard InChI is InChI=1S/C21H25FO3/c1-13(2)17(14(3)11-16-9-7-8-10-18(16)22)12-19-15(4)20(23)25-21(5,6)24-19/h7-11,17H,1,12H2,2-6H3/b14-11+/t17-/m0/s1. The molecule has 1 aliphatic heterocycles. The second-order valence-corrected chi connectivity index (χ2v) is 6.95. The van der Waals surface area contributed by atoms with Gasteiger partial charge in [-0.25, -0.2) is 9.18 Å². The van der Waals surface area contributed by atoms with Crippen LogP contribution in [0, 0.1) is 11.7 Å². The fraction of sp³-hybridized carbons (Fsp3) is 0.381. The van der Waals surface area contributed by atoms with Crippen molar-refractivity contribution in [3.8, 4) is 0 Å². The molecule has 1 heterocycles. The Morgan fingerprint density at radius 2 is 1.92 bits per heavy atom. The molecule has 0 spiro atoms. The SMILES string of the molecule is C=C(C)[C@H](CC1=C(C)C(=O)OC(C)(C)O1)/C(C)=C/c1ccccc1F. The molecule has 4 heteroatoms. The van der Waals surface area contributed by atoms with Gasteiger partial charge in [0, 0.05) is 31.7 Å². The lowest BCUT2D eigenvalue weighted by molar-refractivity contribution is -0.208. The molecule has 0 radical (unpaired) electrons. The molecule has 25 heavy (non-hydrogen) atoms. The molecular formula is C21H25FO3. The monoisotopic (exact) mass is 344 g/mol. The number of benzene rings is 1. The highest BCUT2D eigenvalue weighted by Crippen LogP contribution is 2.35. The van der Waals surface area contributed by atoms with Gasteiger partial charge in [0.2, 0.25) is 5.79 Å². The summed E-state index contributed by atoms with van der Waals surface area (Å²) in [6.07, 6.45) is 2.30. The molecule has 0 N–H and O–H groups in total. The van der Waals surface area contributed by atoms with Crippen molar-refractivity contribution in [1.29, 1.82) is 0 Å². The minimum absolute atomic E-state index is 0.0637. The highest BCUT2D eigenvalue weighted by molar-refractivity contribution is 5.89. The number of hydrogen-bond acceptors (Lipinski definition) is 3. The maximum absolute atomic E-state index is 13.9. The molecule has 1 aromatic carbocycles. The second-order valence-electron chi connectivity index (χ2n) is 6.95. The number of hydrogen-bond donors (Lipinski definition) is 0. The lowest BCUT2D eigenvalue weighted by Crippen LogP contribution is -2.36. The largest absolute Gasteiger partial charge is 0.457 e. The number of ether oxygens (including phenoxy) is 2. The van der Waals surface area contributed by atoms with E-state index in [4.69, 9.17) is 9.47 Å². The Morgan fingerprint density at radius 1 is 1.28 bits per heavy atom. The third-order valence-corrected chi connectivity index (χ3v) is 4.25. The smallest absolute Gasteiger partial charge is 0.340 e. The van der Waals surface area contributed by atoms with Crippen molar-refractivity contribution in [2.24, 2.45) is 5.92 Å². The zero-order chi connectivity index (χ0) is 18.8. The highest BCUT2D eigenvalue weighted by Gasteiger charge is 2.34. The molecule has 1 aromatic rings. The topological polar surface area (TPSA) is 35.5 Å². The first-order valence-electron chi connectivity index (χ1n) is 8.31. The highest BCUT2D eigenvalue weighted by atomic mass is 19.1. The maximum atomic E-state index is 13.9. The fourth-order valence-electron chi connectivity index (χ4n) is 2.85. The van der Waals surface area contributed by atoms with Gasteiger partial charge >= 0.3 is 5.97 Å². The minimum Gasteiger partial charge on any atom is -0.457 e. The van der Waals surface area contributed by atoms with Crippen LogP contribution >= 0.6 is 0 Å². The zero-order valence-electron chi connectivity index (χ0n) is 15.5. The Balaban J connectivity index is 2.33. The number of esters is 1. The molecular weight excluding hydrogens is 319 g/mol. The molecule has 3 nitrogen and oxygen atoms in total. The van der Waals surface area contributed by atoms with Crippen LogP contribution in [0.3, 0.4) is 0 Å². The van der Waals surface area contributed by atoms with Crippen LogP contribution in [0.1, 0.15) is 46.6 Å². The average molecular weight is 344 g/mol. The van der Waals surface area contributed by atoms with Crippen molar-refractivity contribution < 1.29 is 18.7 Å². The normalized spacial score (nSPS) is 18.5. The van der Waals surface area contributed by atoms with Gasteiger partial charge in [-0.05, 0) is 26.8 Å². The maximum Gasteiger partial charge on any atom is 0.340 e. The lowest BCUT2D eigenvalue weighted by Gasteiger charge is -2.34. The van der Waals surface area contributed by atoms with Crippen LogP contribution in [-0.4, -0.2) is 11.8 Å². The molecule has 2 rings (SSSR count). The van der Waals surface area contributed by atoms with Gasteiger partial charge in [-0.1, -0.05) is 42.0 Å². The van der Waals surface area contributed by atoms with Gasteiger partial charge in [-0.2, -0.15) is 0 Å². The Hall–Kier alpha value is -2.36. The van der Waals surface area contributed by atoms with Gasteiger partial charge in [0.25, 0.3) is 0 Å². The molecule has 0 amide bonds. The van der Waals surface area contributed by atoms with Gasteiger partial charge < -0.3 is 9.47 Å². The van der Waals surface area contributed by atoms with E-state index in [9.17, 15) is 9.18 Å². The molecule has 0 aliphatic carbocycles. The third-order valence-electron chi connectivity index (χ3n) is 4.25. The van der Waals surface area contributed by atoms with E-state index in [1.807, 2.05) is 19.9 Å². The summed E-state index contributed by atoms with van der Waals surface area (Å²) in [6.45, 7) is 13.0. The summed E-state index contributed by atoms with van der Waals surface area (Å²) in [6, 6.07) is 6.63. The first kappa shape index (κ1) is 19.0. The molecule has 1 aliphatic rings. The number of rotatable bonds is 5. The van der Waals surface area contributed by atoms with Crippen molar-refractivity contribution in [2.75, 3.05) is 0 Å². The summed E-state index contributed by atoms with van der Waals surface area (Å²) in [5.74, 6) is -1.10. The predicted molar refractivity (Wildman–Crippen MR) is 96.9 cm³/mol. The van der Waals surface area contributed by atoms with Crippen molar-refractivity contribution in [1.82, 2.24) is 0 Å². The summed E-state index contributed by atoms with van der Waals surface area (Å²) in [5, 5.41) is 0. The van der Waals surface area contributed by atoms with Gasteiger partial charge in [0.05, 0.1) is 5.57 Å². The molecule has 0 saturated carbocycles. The van der Waals surface area contributed by atoms with Crippen LogP contribution in [0.5, 0.6) is 0 Å². The van der Waals surface area contributed by atoms with Crippen LogP contribution in [0.15, 0.2) is 53.3 Å². The first-order chi connectivity index (χ1) is 11.6. The summed E-state index contributed by atoms with van der Waals surface area (Å²) in [7, 11) is 0. The van der Waals surface area contributed by atoms with Crippen LogP contribution in [-0.2, 0) is 14.3 Å². The zero-order valence-corrected chi connectivity index (χ0v) is 15.5. The number of carbonyl (C=O) groups is 1. The minimum atomic E-state index is -0.991.